The Labute approximate surface area is 110 Å². The third-order valence-corrected chi connectivity index (χ3v) is 3.51. The molecule has 3 nitrogen and oxygen atoms in total. The van der Waals surface area contributed by atoms with Gasteiger partial charge < -0.3 is 10.1 Å². The van der Waals surface area contributed by atoms with Crippen molar-refractivity contribution in [2.45, 2.75) is 52.2 Å². The van der Waals surface area contributed by atoms with E-state index in [1.54, 1.807) is 0 Å². The van der Waals surface area contributed by atoms with E-state index in [9.17, 15) is 0 Å². The summed E-state index contributed by atoms with van der Waals surface area (Å²) in [7, 11) is 0. The fourth-order valence-electron chi connectivity index (χ4n) is 2.53. The van der Waals surface area contributed by atoms with Crippen LogP contribution in [0.2, 0.25) is 0 Å². The van der Waals surface area contributed by atoms with E-state index in [1.807, 2.05) is 18.2 Å². The van der Waals surface area contributed by atoms with Crippen LogP contribution in [0.5, 0.6) is 5.88 Å². The van der Waals surface area contributed by atoms with Gasteiger partial charge in [-0.1, -0.05) is 26.3 Å². The molecule has 0 saturated heterocycles. The van der Waals surface area contributed by atoms with Gasteiger partial charge in [-0.05, 0) is 37.8 Å². The van der Waals surface area contributed by atoms with E-state index < -0.39 is 0 Å². The highest BCUT2D eigenvalue weighted by molar-refractivity contribution is 5.16. The molecule has 0 amide bonds. The average molecular weight is 248 g/mol. The molecule has 1 aliphatic rings. The van der Waals surface area contributed by atoms with Crippen LogP contribution >= 0.6 is 0 Å². The average Bonchev–Trinajstić information content (AvgIpc) is 2.37. The normalized spacial score (nSPS) is 23.9. The Bertz CT molecular complexity index is 367. The first-order valence-corrected chi connectivity index (χ1v) is 7.11. The molecule has 1 heterocycles. The number of ether oxygens (including phenoxy) is 1. The summed E-state index contributed by atoms with van der Waals surface area (Å²) in [5.74, 6) is 1.57. The molecule has 18 heavy (non-hydrogen) atoms. The summed E-state index contributed by atoms with van der Waals surface area (Å²) in [6.07, 6.45) is 5.31. The van der Waals surface area contributed by atoms with Crippen LogP contribution in [-0.4, -0.2) is 17.6 Å². The summed E-state index contributed by atoms with van der Waals surface area (Å²) >= 11 is 0. The van der Waals surface area contributed by atoms with Crippen molar-refractivity contribution in [1.29, 1.82) is 0 Å². The van der Waals surface area contributed by atoms with E-state index in [0.717, 1.165) is 30.6 Å². The van der Waals surface area contributed by atoms with Crippen LogP contribution in [0.3, 0.4) is 0 Å². The summed E-state index contributed by atoms with van der Waals surface area (Å²) in [6, 6.07) is 6.04. The third kappa shape index (κ3) is 3.98. The van der Waals surface area contributed by atoms with Crippen molar-refractivity contribution in [3.8, 4) is 5.88 Å². The van der Waals surface area contributed by atoms with Crippen molar-refractivity contribution in [2.24, 2.45) is 5.92 Å². The Hall–Kier alpha value is -1.09. The van der Waals surface area contributed by atoms with E-state index in [1.165, 1.54) is 25.7 Å². The van der Waals surface area contributed by atoms with Gasteiger partial charge in [-0.15, -0.1) is 0 Å². The molecule has 0 spiro atoms. The van der Waals surface area contributed by atoms with Gasteiger partial charge in [-0.25, -0.2) is 4.98 Å². The topological polar surface area (TPSA) is 34.1 Å². The predicted octanol–water partition coefficient (Wildman–Crippen LogP) is 3.15. The molecule has 1 fully saturated rings. The van der Waals surface area contributed by atoms with Gasteiger partial charge in [0.2, 0.25) is 5.88 Å². The van der Waals surface area contributed by atoms with Gasteiger partial charge in [-0.3, -0.25) is 0 Å². The number of hydrogen-bond donors (Lipinski definition) is 1. The Balaban J connectivity index is 1.91. The standard InChI is InChI=1S/C15H24N2O/c1-3-16-11-13-7-5-9-15(17-13)18-14-8-4-6-12(2)10-14/h5,7,9,12,14,16H,3-4,6,8,10-11H2,1-2H3. The van der Waals surface area contributed by atoms with Gasteiger partial charge in [0.15, 0.2) is 0 Å². The Kier molecular flexibility index (Phi) is 5.00. The maximum absolute atomic E-state index is 6.01. The van der Waals surface area contributed by atoms with Crippen LogP contribution < -0.4 is 10.1 Å². The maximum Gasteiger partial charge on any atom is 0.213 e. The van der Waals surface area contributed by atoms with E-state index in [2.05, 4.69) is 24.1 Å². The molecule has 1 aromatic rings. The largest absolute Gasteiger partial charge is 0.474 e. The second kappa shape index (κ2) is 6.74. The second-order valence-corrected chi connectivity index (χ2v) is 5.26. The Morgan fingerprint density at radius 3 is 3.06 bits per heavy atom. The molecule has 2 atom stereocenters. The first kappa shape index (κ1) is 13.3. The van der Waals surface area contributed by atoms with Gasteiger partial charge in [0.1, 0.15) is 6.10 Å². The third-order valence-electron chi connectivity index (χ3n) is 3.51. The molecule has 1 N–H and O–H groups in total. The quantitative estimate of drug-likeness (QED) is 0.869. The summed E-state index contributed by atoms with van der Waals surface area (Å²) in [4.78, 5) is 4.54. The smallest absolute Gasteiger partial charge is 0.213 e. The van der Waals surface area contributed by atoms with Crippen molar-refractivity contribution >= 4 is 0 Å². The fraction of sp³-hybridized carbons (Fsp3) is 0.667. The first-order chi connectivity index (χ1) is 8.78. The molecule has 0 aromatic carbocycles. The van der Waals surface area contributed by atoms with Gasteiger partial charge in [-0.2, -0.15) is 0 Å². The van der Waals surface area contributed by atoms with Crippen LogP contribution in [0.25, 0.3) is 0 Å². The fourth-order valence-corrected chi connectivity index (χ4v) is 2.53. The van der Waals surface area contributed by atoms with E-state index in [-0.39, 0.29) is 0 Å². The van der Waals surface area contributed by atoms with Crippen molar-refractivity contribution in [3.63, 3.8) is 0 Å². The Morgan fingerprint density at radius 1 is 1.39 bits per heavy atom. The summed E-state index contributed by atoms with van der Waals surface area (Å²) < 4.78 is 6.01. The molecule has 1 aromatic heterocycles. The number of rotatable bonds is 5. The van der Waals surface area contributed by atoms with Crippen molar-refractivity contribution in [3.05, 3.63) is 23.9 Å². The van der Waals surface area contributed by atoms with Crippen LogP contribution in [0.4, 0.5) is 0 Å². The number of aromatic nitrogens is 1. The van der Waals surface area contributed by atoms with E-state index in [0.29, 0.717) is 6.10 Å². The van der Waals surface area contributed by atoms with Crippen molar-refractivity contribution < 1.29 is 4.74 Å². The highest BCUT2D eigenvalue weighted by Crippen LogP contribution is 2.26. The summed E-state index contributed by atoms with van der Waals surface area (Å²) in [5.41, 5.74) is 1.05. The molecule has 100 valence electrons. The molecule has 0 radical (unpaired) electrons. The minimum atomic E-state index is 0.357. The molecular weight excluding hydrogens is 224 g/mol. The summed E-state index contributed by atoms with van der Waals surface area (Å²) in [5, 5.41) is 3.28. The SMILES string of the molecule is CCNCc1cccc(OC2CCCC(C)C2)n1. The molecular formula is C15H24N2O. The number of nitrogens with zero attached hydrogens (tertiary/aromatic N) is 1. The molecule has 3 heteroatoms. The van der Waals surface area contributed by atoms with Gasteiger partial charge in [0.25, 0.3) is 0 Å². The second-order valence-electron chi connectivity index (χ2n) is 5.26. The monoisotopic (exact) mass is 248 g/mol. The van der Waals surface area contributed by atoms with E-state index >= 15 is 0 Å². The minimum Gasteiger partial charge on any atom is -0.474 e. The maximum atomic E-state index is 6.01. The van der Waals surface area contributed by atoms with Crippen molar-refractivity contribution in [1.82, 2.24) is 10.3 Å². The molecule has 2 rings (SSSR count). The van der Waals surface area contributed by atoms with Crippen LogP contribution in [-0.2, 0) is 6.54 Å². The number of hydrogen-bond acceptors (Lipinski definition) is 3. The molecule has 1 aliphatic carbocycles. The first-order valence-electron chi connectivity index (χ1n) is 7.11. The van der Waals surface area contributed by atoms with Gasteiger partial charge in [0.05, 0.1) is 5.69 Å². The van der Waals surface area contributed by atoms with E-state index in [4.69, 9.17) is 4.74 Å². The number of pyridine rings is 1. The lowest BCUT2D eigenvalue weighted by Gasteiger charge is -2.27. The lowest BCUT2D eigenvalue weighted by atomic mass is 9.89. The van der Waals surface area contributed by atoms with Crippen LogP contribution in [0, 0.1) is 5.92 Å². The minimum absolute atomic E-state index is 0.357. The molecule has 1 saturated carbocycles. The van der Waals surface area contributed by atoms with Gasteiger partial charge in [0, 0.05) is 12.6 Å². The molecule has 0 bridgehead atoms. The zero-order valence-corrected chi connectivity index (χ0v) is 11.5. The zero-order chi connectivity index (χ0) is 12.8. The molecule has 0 aliphatic heterocycles. The van der Waals surface area contributed by atoms with Crippen LogP contribution in [0.15, 0.2) is 18.2 Å². The highest BCUT2D eigenvalue weighted by atomic mass is 16.5. The Morgan fingerprint density at radius 2 is 2.28 bits per heavy atom. The lowest BCUT2D eigenvalue weighted by molar-refractivity contribution is 0.123. The zero-order valence-electron chi connectivity index (χ0n) is 11.5. The van der Waals surface area contributed by atoms with Crippen molar-refractivity contribution in [2.75, 3.05) is 6.54 Å². The highest BCUT2D eigenvalue weighted by Gasteiger charge is 2.20. The predicted molar refractivity (Wildman–Crippen MR) is 73.7 cm³/mol. The molecule has 2 unspecified atom stereocenters. The lowest BCUT2D eigenvalue weighted by Crippen LogP contribution is -2.24. The van der Waals surface area contributed by atoms with Gasteiger partial charge >= 0.3 is 0 Å². The number of nitrogens with one attached hydrogen (secondary N) is 1. The summed E-state index contributed by atoms with van der Waals surface area (Å²) in [6.45, 7) is 6.19. The van der Waals surface area contributed by atoms with Crippen LogP contribution in [0.1, 0.15) is 45.2 Å².